The lowest BCUT2D eigenvalue weighted by Gasteiger charge is -2.18. The van der Waals surface area contributed by atoms with E-state index in [4.69, 9.17) is 9.47 Å². The quantitative estimate of drug-likeness (QED) is 0.458. The fourth-order valence-electron chi connectivity index (χ4n) is 1.60. The monoisotopic (exact) mass is 248 g/mol. The minimum Gasteiger partial charge on any atom is -0.489 e. The first-order valence-corrected chi connectivity index (χ1v) is 5.36. The predicted octanol–water partition coefficient (Wildman–Crippen LogP) is 1.27. The van der Waals surface area contributed by atoms with Crippen molar-refractivity contribution in [2.24, 2.45) is 0 Å². The Bertz CT molecular complexity index is 504. The van der Waals surface area contributed by atoms with E-state index in [1.807, 2.05) is 24.3 Å². The number of ether oxygens (including phenoxy) is 3. The van der Waals surface area contributed by atoms with Gasteiger partial charge in [0.1, 0.15) is 12.2 Å². The molecule has 1 aromatic rings. The van der Waals surface area contributed by atoms with Crippen LogP contribution in [0.1, 0.15) is 11.1 Å². The second kappa shape index (κ2) is 5.35. The summed E-state index contributed by atoms with van der Waals surface area (Å²) in [4.78, 5) is 22.5. The Kier molecular flexibility index (Phi) is 3.62. The smallest absolute Gasteiger partial charge is 0.343 e. The summed E-state index contributed by atoms with van der Waals surface area (Å²) < 4.78 is 14.4. The molecular weight excluding hydrogens is 236 g/mol. The van der Waals surface area contributed by atoms with Crippen LogP contribution in [0.25, 0.3) is 5.57 Å². The van der Waals surface area contributed by atoms with Gasteiger partial charge < -0.3 is 14.2 Å². The fourth-order valence-corrected chi connectivity index (χ4v) is 1.60. The van der Waals surface area contributed by atoms with E-state index in [9.17, 15) is 9.59 Å². The molecule has 0 radical (unpaired) electrons. The third-order valence-electron chi connectivity index (χ3n) is 2.52. The van der Waals surface area contributed by atoms with E-state index in [0.717, 1.165) is 11.1 Å². The van der Waals surface area contributed by atoms with Crippen molar-refractivity contribution >= 4 is 17.5 Å². The van der Waals surface area contributed by atoms with Gasteiger partial charge in [0.25, 0.3) is 0 Å². The van der Waals surface area contributed by atoms with Gasteiger partial charge in [0.2, 0.25) is 0 Å². The molecule has 2 rings (SSSR count). The van der Waals surface area contributed by atoms with Crippen molar-refractivity contribution in [2.75, 3.05) is 13.7 Å². The number of benzene rings is 1. The highest BCUT2D eigenvalue weighted by atomic mass is 16.6. The maximum atomic E-state index is 11.6. The molecule has 0 atom stereocenters. The third kappa shape index (κ3) is 2.51. The SMILES string of the molecule is COC(=O)CO/C=C1/C(=O)OCc2ccccc21. The Labute approximate surface area is 104 Å². The lowest BCUT2D eigenvalue weighted by atomic mass is 9.99. The maximum Gasteiger partial charge on any atom is 0.343 e. The zero-order chi connectivity index (χ0) is 13.0. The molecule has 5 nitrogen and oxygen atoms in total. The summed E-state index contributed by atoms with van der Waals surface area (Å²) in [5, 5.41) is 0. The first-order chi connectivity index (χ1) is 8.72. The van der Waals surface area contributed by atoms with Gasteiger partial charge in [0, 0.05) is 0 Å². The van der Waals surface area contributed by atoms with Gasteiger partial charge in [0.05, 0.1) is 13.4 Å². The topological polar surface area (TPSA) is 61.8 Å². The molecule has 0 aliphatic carbocycles. The number of carbonyl (C=O) groups is 2. The van der Waals surface area contributed by atoms with Crippen molar-refractivity contribution in [2.45, 2.75) is 6.61 Å². The predicted molar refractivity (Wildman–Crippen MR) is 62.2 cm³/mol. The van der Waals surface area contributed by atoms with Gasteiger partial charge in [-0.2, -0.15) is 0 Å². The molecule has 5 heteroatoms. The van der Waals surface area contributed by atoms with Crippen molar-refractivity contribution in [1.82, 2.24) is 0 Å². The Morgan fingerprint density at radius 1 is 1.44 bits per heavy atom. The summed E-state index contributed by atoms with van der Waals surface area (Å²) in [6.45, 7) is 0.0127. The summed E-state index contributed by atoms with van der Waals surface area (Å²) in [5.41, 5.74) is 1.98. The van der Waals surface area contributed by atoms with Crippen molar-refractivity contribution in [3.05, 3.63) is 41.7 Å². The first kappa shape index (κ1) is 12.2. The molecule has 0 bridgehead atoms. The number of esters is 2. The minimum atomic E-state index is -0.510. The second-order valence-electron chi connectivity index (χ2n) is 3.65. The number of cyclic esters (lactones) is 1. The average molecular weight is 248 g/mol. The van der Waals surface area contributed by atoms with Gasteiger partial charge >= 0.3 is 11.9 Å². The molecular formula is C13H12O5. The highest BCUT2D eigenvalue weighted by Crippen LogP contribution is 2.26. The minimum absolute atomic E-state index is 0.241. The number of fused-ring (bicyclic) bond motifs is 1. The Hall–Kier alpha value is -2.30. The molecule has 0 unspecified atom stereocenters. The van der Waals surface area contributed by atoms with E-state index in [0.29, 0.717) is 5.57 Å². The van der Waals surface area contributed by atoms with E-state index < -0.39 is 11.9 Å². The first-order valence-electron chi connectivity index (χ1n) is 5.36. The molecule has 0 aromatic heterocycles. The lowest BCUT2D eigenvalue weighted by molar-refractivity contribution is -0.144. The summed E-state index contributed by atoms with van der Waals surface area (Å²) in [6.07, 6.45) is 1.23. The molecule has 1 heterocycles. The lowest BCUT2D eigenvalue weighted by Crippen LogP contribution is -2.16. The van der Waals surface area contributed by atoms with Crippen molar-refractivity contribution in [3.8, 4) is 0 Å². The van der Waals surface area contributed by atoms with E-state index in [1.165, 1.54) is 13.4 Å². The molecule has 1 aliphatic rings. The summed E-state index contributed by atoms with van der Waals surface area (Å²) in [5.74, 6) is -0.970. The zero-order valence-corrected chi connectivity index (χ0v) is 9.84. The van der Waals surface area contributed by atoms with Crippen LogP contribution in [0.5, 0.6) is 0 Å². The molecule has 0 fully saturated rings. The maximum absolute atomic E-state index is 11.6. The molecule has 0 spiro atoms. The van der Waals surface area contributed by atoms with Gasteiger partial charge in [0.15, 0.2) is 6.61 Å². The van der Waals surface area contributed by atoms with E-state index in [1.54, 1.807) is 0 Å². The van der Waals surface area contributed by atoms with E-state index in [2.05, 4.69) is 4.74 Å². The Balaban J connectivity index is 2.18. The number of carbonyl (C=O) groups excluding carboxylic acids is 2. The number of rotatable bonds is 3. The number of methoxy groups -OCH3 is 1. The standard InChI is InChI=1S/C13H12O5/c1-16-12(14)8-17-7-11-10-5-3-2-4-9(10)6-18-13(11)15/h2-5,7H,6,8H2,1H3/b11-7+. The van der Waals surface area contributed by atoms with Gasteiger partial charge in [-0.05, 0) is 11.1 Å². The third-order valence-corrected chi connectivity index (χ3v) is 2.52. The zero-order valence-electron chi connectivity index (χ0n) is 9.84. The molecule has 94 valence electrons. The molecule has 1 aromatic carbocycles. The summed E-state index contributed by atoms with van der Waals surface area (Å²) in [6, 6.07) is 7.37. The van der Waals surface area contributed by atoms with E-state index in [-0.39, 0.29) is 13.2 Å². The number of hydrogen-bond acceptors (Lipinski definition) is 5. The van der Waals surface area contributed by atoms with Crippen LogP contribution in [0.3, 0.4) is 0 Å². The van der Waals surface area contributed by atoms with Gasteiger partial charge in [-0.1, -0.05) is 24.3 Å². The van der Waals surface area contributed by atoms with Crippen LogP contribution in [0.2, 0.25) is 0 Å². The van der Waals surface area contributed by atoms with Gasteiger partial charge in [-0.25, -0.2) is 9.59 Å². The average Bonchev–Trinajstić information content (AvgIpc) is 2.41. The van der Waals surface area contributed by atoms with Crippen molar-refractivity contribution in [3.63, 3.8) is 0 Å². The Morgan fingerprint density at radius 3 is 3.00 bits per heavy atom. The van der Waals surface area contributed by atoms with Gasteiger partial charge in [-0.15, -0.1) is 0 Å². The molecule has 18 heavy (non-hydrogen) atoms. The summed E-state index contributed by atoms with van der Waals surface area (Å²) >= 11 is 0. The van der Waals surface area contributed by atoms with Crippen molar-refractivity contribution < 1.29 is 23.8 Å². The molecule has 0 saturated heterocycles. The normalized spacial score (nSPS) is 15.8. The molecule has 0 amide bonds. The molecule has 1 aliphatic heterocycles. The van der Waals surface area contributed by atoms with Gasteiger partial charge in [-0.3, -0.25) is 0 Å². The van der Waals surface area contributed by atoms with Crippen LogP contribution in [-0.2, 0) is 30.4 Å². The Morgan fingerprint density at radius 2 is 2.22 bits per heavy atom. The largest absolute Gasteiger partial charge is 0.489 e. The second-order valence-corrected chi connectivity index (χ2v) is 3.65. The summed E-state index contributed by atoms with van der Waals surface area (Å²) in [7, 11) is 1.27. The van der Waals surface area contributed by atoms with Crippen LogP contribution >= 0.6 is 0 Å². The van der Waals surface area contributed by atoms with Crippen LogP contribution in [0.15, 0.2) is 30.5 Å². The highest BCUT2D eigenvalue weighted by Gasteiger charge is 2.23. The van der Waals surface area contributed by atoms with E-state index >= 15 is 0 Å². The van der Waals surface area contributed by atoms with Crippen LogP contribution in [0.4, 0.5) is 0 Å². The molecule has 0 saturated carbocycles. The van der Waals surface area contributed by atoms with Crippen LogP contribution < -0.4 is 0 Å². The van der Waals surface area contributed by atoms with Crippen LogP contribution in [-0.4, -0.2) is 25.7 Å². The fraction of sp³-hybridized carbons (Fsp3) is 0.231. The van der Waals surface area contributed by atoms with Crippen LogP contribution in [0, 0.1) is 0 Å². The highest BCUT2D eigenvalue weighted by molar-refractivity contribution is 6.17. The van der Waals surface area contributed by atoms with Crippen molar-refractivity contribution in [1.29, 1.82) is 0 Å². The number of hydrogen-bond donors (Lipinski definition) is 0. The molecule has 0 N–H and O–H groups in total.